The molecule has 2 aromatic heterocycles. The first-order valence-corrected chi connectivity index (χ1v) is 6.95. The Balaban J connectivity index is 1.84. The Hall–Kier alpha value is -2.29. The summed E-state index contributed by atoms with van der Waals surface area (Å²) >= 11 is 0. The zero-order valence-corrected chi connectivity index (χ0v) is 11.8. The van der Waals surface area contributed by atoms with Crippen molar-refractivity contribution in [3.63, 3.8) is 0 Å². The first-order chi connectivity index (χ1) is 9.78. The smallest absolute Gasteiger partial charge is 0.139 e. The fraction of sp³-hybridized carbons (Fsp3) is 0.235. The summed E-state index contributed by atoms with van der Waals surface area (Å²) in [5.74, 6) is 0.864. The van der Waals surface area contributed by atoms with Crippen LogP contribution in [0.5, 0.6) is 0 Å². The molecular formula is C17H18N2O. The lowest BCUT2D eigenvalue weighted by atomic mass is 10.0. The van der Waals surface area contributed by atoms with Crippen molar-refractivity contribution < 1.29 is 4.42 Å². The molecule has 0 spiro atoms. The zero-order chi connectivity index (χ0) is 13.9. The summed E-state index contributed by atoms with van der Waals surface area (Å²) in [4.78, 5) is 4.41. The van der Waals surface area contributed by atoms with Crippen LogP contribution < -0.4 is 5.32 Å². The summed E-state index contributed by atoms with van der Waals surface area (Å²) in [7, 11) is 0. The molecule has 20 heavy (non-hydrogen) atoms. The number of aromatic nitrogens is 1. The third kappa shape index (κ3) is 2.39. The van der Waals surface area contributed by atoms with E-state index in [0.29, 0.717) is 0 Å². The van der Waals surface area contributed by atoms with Crippen molar-refractivity contribution in [1.29, 1.82) is 0 Å². The van der Waals surface area contributed by atoms with E-state index in [0.717, 1.165) is 23.2 Å². The fourth-order valence-corrected chi connectivity index (χ4v) is 2.34. The monoisotopic (exact) mass is 266 g/mol. The van der Waals surface area contributed by atoms with Crippen molar-refractivity contribution in [3.05, 3.63) is 60.0 Å². The molecule has 3 aromatic rings. The lowest BCUT2D eigenvalue weighted by Gasteiger charge is -2.15. The summed E-state index contributed by atoms with van der Waals surface area (Å²) in [6.07, 6.45) is 4.53. The summed E-state index contributed by atoms with van der Waals surface area (Å²) in [6.45, 7) is 4.31. The van der Waals surface area contributed by atoms with E-state index in [-0.39, 0.29) is 6.04 Å². The second-order valence-corrected chi connectivity index (χ2v) is 4.95. The third-order valence-electron chi connectivity index (χ3n) is 3.62. The van der Waals surface area contributed by atoms with Crippen LogP contribution in [0.25, 0.3) is 11.0 Å². The van der Waals surface area contributed by atoms with Gasteiger partial charge in [0, 0.05) is 12.2 Å². The van der Waals surface area contributed by atoms with Gasteiger partial charge in [-0.3, -0.25) is 0 Å². The van der Waals surface area contributed by atoms with Gasteiger partial charge in [-0.1, -0.05) is 31.2 Å². The van der Waals surface area contributed by atoms with Gasteiger partial charge in [0.15, 0.2) is 0 Å². The molecule has 2 heterocycles. The lowest BCUT2D eigenvalue weighted by molar-refractivity contribution is 0.615. The number of fused-ring (bicyclic) bond motifs is 1. The number of nitrogens with zero attached hydrogens (tertiary/aromatic N) is 1. The molecule has 1 atom stereocenters. The number of pyridine rings is 1. The van der Waals surface area contributed by atoms with Crippen LogP contribution in [0, 0.1) is 0 Å². The predicted molar refractivity (Wildman–Crippen MR) is 81.9 cm³/mol. The number of anilines is 1. The second kappa shape index (κ2) is 5.37. The number of hydrogen-bond donors (Lipinski definition) is 1. The molecule has 0 aliphatic heterocycles. The molecule has 0 fully saturated rings. The van der Waals surface area contributed by atoms with Crippen LogP contribution in [-0.4, -0.2) is 4.98 Å². The minimum absolute atomic E-state index is 0.203. The molecule has 0 radical (unpaired) electrons. The molecule has 0 aliphatic rings. The highest BCUT2D eigenvalue weighted by Crippen LogP contribution is 2.25. The van der Waals surface area contributed by atoms with Gasteiger partial charge in [0.1, 0.15) is 11.4 Å². The van der Waals surface area contributed by atoms with Gasteiger partial charge in [-0.15, -0.1) is 0 Å². The number of furan rings is 1. The van der Waals surface area contributed by atoms with Gasteiger partial charge in [-0.2, -0.15) is 0 Å². The fourth-order valence-electron chi connectivity index (χ4n) is 2.34. The Morgan fingerprint density at radius 1 is 1.15 bits per heavy atom. The summed E-state index contributed by atoms with van der Waals surface area (Å²) in [6, 6.07) is 12.7. The number of hydrogen-bond acceptors (Lipinski definition) is 3. The van der Waals surface area contributed by atoms with Crippen LogP contribution in [0.2, 0.25) is 0 Å². The summed E-state index contributed by atoms with van der Waals surface area (Å²) in [5, 5.41) is 4.47. The Bertz CT molecular complexity index is 700. The molecular weight excluding hydrogens is 248 g/mol. The van der Waals surface area contributed by atoms with Crippen molar-refractivity contribution in [2.24, 2.45) is 0 Å². The molecule has 3 heteroatoms. The number of benzene rings is 1. The van der Waals surface area contributed by atoms with Gasteiger partial charge in [0.2, 0.25) is 0 Å². The minimum Gasteiger partial charge on any atom is -0.464 e. The number of rotatable bonds is 4. The molecule has 3 nitrogen and oxygen atoms in total. The Kier molecular flexibility index (Phi) is 3.42. The Labute approximate surface area is 118 Å². The minimum atomic E-state index is 0.203. The van der Waals surface area contributed by atoms with Crippen molar-refractivity contribution in [3.8, 4) is 0 Å². The molecule has 3 rings (SSSR count). The molecule has 1 N–H and O–H groups in total. The molecule has 0 amide bonds. The third-order valence-corrected chi connectivity index (χ3v) is 3.62. The highest BCUT2D eigenvalue weighted by Gasteiger charge is 2.09. The highest BCUT2D eigenvalue weighted by molar-refractivity contribution is 5.87. The van der Waals surface area contributed by atoms with E-state index in [1.165, 1.54) is 11.1 Å². The van der Waals surface area contributed by atoms with Crippen LogP contribution in [0.1, 0.15) is 31.0 Å². The van der Waals surface area contributed by atoms with Crippen molar-refractivity contribution in [1.82, 2.24) is 4.98 Å². The standard InChI is InChI=1S/C17H18N2O/c1-3-13-4-6-14(7-5-13)12(2)19-17-15-9-11-20-16(15)8-10-18-17/h4-12H,3H2,1-2H3,(H,18,19). The molecule has 0 saturated carbocycles. The first kappa shape index (κ1) is 12.7. The van der Waals surface area contributed by atoms with E-state index in [1.807, 2.05) is 12.1 Å². The molecule has 0 aliphatic carbocycles. The summed E-state index contributed by atoms with van der Waals surface area (Å²) in [5.41, 5.74) is 3.47. The van der Waals surface area contributed by atoms with E-state index >= 15 is 0 Å². The van der Waals surface area contributed by atoms with Gasteiger partial charge in [-0.25, -0.2) is 4.98 Å². The lowest BCUT2D eigenvalue weighted by Crippen LogP contribution is -2.08. The SMILES string of the molecule is CCc1ccc(C(C)Nc2nccc3occc23)cc1. The average molecular weight is 266 g/mol. The van der Waals surface area contributed by atoms with Crippen LogP contribution in [-0.2, 0) is 6.42 Å². The van der Waals surface area contributed by atoms with E-state index in [1.54, 1.807) is 12.5 Å². The Morgan fingerprint density at radius 2 is 1.95 bits per heavy atom. The van der Waals surface area contributed by atoms with Gasteiger partial charge in [0.05, 0.1) is 11.6 Å². The van der Waals surface area contributed by atoms with Crippen molar-refractivity contribution in [2.75, 3.05) is 5.32 Å². The van der Waals surface area contributed by atoms with Gasteiger partial charge >= 0.3 is 0 Å². The maximum atomic E-state index is 5.40. The Morgan fingerprint density at radius 3 is 2.70 bits per heavy atom. The van der Waals surface area contributed by atoms with Crippen molar-refractivity contribution in [2.45, 2.75) is 26.3 Å². The van der Waals surface area contributed by atoms with Crippen LogP contribution in [0.15, 0.2) is 53.3 Å². The zero-order valence-electron chi connectivity index (χ0n) is 11.8. The number of nitrogens with one attached hydrogen (secondary N) is 1. The molecule has 0 bridgehead atoms. The van der Waals surface area contributed by atoms with Crippen LogP contribution >= 0.6 is 0 Å². The first-order valence-electron chi connectivity index (χ1n) is 6.95. The number of aryl methyl sites for hydroxylation is 1. The summed E-state index contributed by atoms with van der Waals surface area (Å²) < 4.78 is 5.40. The normalized spacial score (nSPS) is 12.5. The van der Waals surface area contributed by atoms with Crippen LogP contribution in [0.4, 0.5) is 5.82 Å². The van der Waals surface area contributed by atoms with E-state index in [9.17, 15) is 0 Å². The van der Waals surface area contributed by atoms with E-state index in [4.69, 9.17) is 4.42 Å². The van der Waals surface area contributed by atoms with E-state index in [2.05, 4.69) is 48.4 Å². The molecule has 1 unspecified atom stereocenters. The van der Waals surface area contributed by atoms with Gasteiger partial charge in [0.25, 0.3) is 0 Å². The second-order valence-electron chi connectivity index (χ2n) is 4.95. The topological polar surface area (TPSA) is 38.1 Å². The largest absolute Gasteiger partial charge is 0.464 e. The van der Waals surface area contributed by atoms with Gasteiger partial charge < -0.3 is 9.73 Å². The highest BCUT2D eigenvalue weighted by atomic mass is 16.3. The average Bonchev–Trinajstić information content (AvgIpc) is 2.97. The quantitative estimate of drug-likeness (QED) is 0.752. The molecule has 102 valence electrons. The van der Waals surface area contributed by atoms with Crippen molar-refractivity contribution >= 4 is 16.8 Å². The molecule has 0 saturated heterocycles. The predicted octanol–water partition coefficient (Wildman–Crippen LogP) is 4.56. The molecule has 1 aromatic carbocycles. The van der Waals surface area contributed by atoms with Gasteiger partial charge in [-0.05, 0) is 36.6 Å². The van der Waals surface area contributed by atoms with Crippen LogP contribution in [0.3, 0.4) is 0 Å². The maximum Gasteiger partial charge on any atom is 0.139 e. The maximum absolute atomic E-state index is 5.40. The van der Waals surface area contributed by atoms with E-state index < -0.39 is 0 Å².